The molecule has 148 valence electrons. The lowest BCUT2D eigenvalue weighted by Crippen LogP contribution is -2.32. The van der Waals surface area contributed by atoms with Gasteiger partial charge in [0.25, 0.3) is 0 Å². The average Bonchev–Trinajstić information content (AvgIpc) is 3.13. The molecular weight excluding hydrogens is 439 g/mol. The molecule has 0 radical (unpaired) electrons. The number of halogens is 3. The Morgan fingerprint density at radius 2 is 1.75 bits per heavy atom. The minimum atomic E-state index is -3.71. The zero-order valence-corrected chi connectivity index (χ0v) is 18.2. The first-order valence-corrected chi connectivity index (χ1v) is 11.2. The number of aryl methyl sites for hydroxylation is 1. The Morgan fingerprint density at radius 3 is 2.46 bits per heavy atom. The van der Waals surface area contributed by atoms with Crippen LogP contribution in [0, 0.1) is 0 Å². The summed E-state index contributed by atoms with van der Waals surface area (Å²) in [5.41, 5.74) is 3.64. The van der Waals surface area contributed by atoms with Gasteiger partial charge in [0.1, 0.15) is 0 Å². The van der Waals surface area contributed by atoms with Gasteiger partial charge in [0.05, 0.1) is 9.79 Å². The third-order valence-electron chi connectivity index (χ3n) is 5.82. The molecule has 0 aliphatic carbocycles. The normalized spacial score (nSPS) is 20.8. The Bertz CT molecular complexity index is 1180. The van der Waals surface area contributed by atoms with Gasteiger partial charge in [-0.15, -0.1) is 12.4 Å². The average molecular weight is 458 g/mol. The van der Waals surface area contributed by atoms with Crippen molar-refractivity contribution < 1.29 is 8.42 Å². The standard InChI is InChI=1S/C20H18Cl2N2O2S.ClH/c1-24-18-5-3-14(27(25,26)15-7-11(21)6-12(22)8-15)10-16(18)20-17-4-2-13(23-17)9-19(20)24;/h3,5-8,10,13,17,23H,2,4,9H2,1H3;1H. The molecule has 3 aromatic rings. The molecule has 8 heteroatoms. The highest BCUT2D eigenvalue weighted by Crippen LogP contribution is 2.42. The van der Waals surface area contributed by atoms with Gasteiger partial charge < -0.3 is 9.88 Å². The molecule has 1 fully saturated rings. The maximum atomic E-state index is 13.2. The topological polar surface area (TPSA) is 51.1 Å². The van der Waals surface area contributed by atoms with Crippen LogP contribution in [0.3, 0.4) is 0 Å². The van der Waals surface area contributed by atoms with Crippen molar-refractivity contribution in [2.75, 3.05) is 0 Å². The predicted octanol–water partition coefficient (Wildman–Crippen LogP) is 5.09. The fourth-order valence-electron chi connectivity index (χ4n) is 4.57. The van der Waals surface area contributed by atoms with Crippen LogP contribution in [0.2, 0.25) is 10.0 Å². The molecule has 1 aromatic heterocycles. The molecule has 5 rings (SSSR count). The Labute approximate surface area is 180 Å². The van der Waals surface area contributed by atoms with Crippen molar-refractivity contribution in [1.82, 2.24) is 9.88 Å². The second kappa shape index (κ2) is 6.92. The second-order valence-corrected chi connectivity index (χ2v) is 10.2. The fourth-order valence-corrected chi connectivity index (χ4v) is 6.58. The zero-order chi connectivity index (χ0) is 18.9. The van der Waals surface area contributed by atoms with E-state index in [2.05, 4.69) is 16.9 Å². The van der Waals surface area contributed by atoms with E-state index >= 15 is 0 Å². The summed E-state index contributed by atoms with van der Waals surface area (Å²) < 4.78 is 28.6. The van der Waals surface area contributed by atoms with Crippen molar-refractivity contribution in [1.29, 1.82) is 0 Å². The van der Waals surface area contributed by atoms with E-state index in [4.69, 9.17) is 23.2 Å². The molecule has 0 spiro atoms. The Hall–Kier alpha value is -1.24. The second-order valence-electron chi connectivity index (χ2n) is 7.40. The summed E-state index contributed by atoms with van der Waals surface area (Å²) in [6, 6.07) is 10.6. The highest BCUT2D eigenvalue weighted by atomic mass is 35.5. The number of fused-ring (bicyclic) bond motifs is 6. The number of nitrogens with zero attached hydrogens (tertiary/aromatic N) is 1. The Morgan fingerprint density at radius 1 is 1.04 bits per heavy atom. The van der Waals surface area contributed by atoms with Crippen LogP contribution < -0.4 is 5.32 Å². The van der Waals surface area contributed by atoms with E-state index in [0.29, 0.717) is 22.1 Å². The number of rotatable bonds is 2. The molecular formula is C20H19Cl3N2O2S. The molecule has 2 aromatic carbocycles. The molecule has 1 N–H and O–H groups in total. The van der Waals surface area contributed by atoms with Crippen LogP contribution in [0.4, 0.5) is 0 Å². The van der Waals surface area contributed by atoms with Gasteiger partial charge in [-0.25, -0.2) is 8.42 Å². The van der Waals surface area contributed by atoms with E-state index in [1.165, 1.54) is 35.9 Å². The van der Waals surface area contributed by atoms with E-state index < -0.39 is 9.84 Å². The van der Waals surface area contributed by atoms with Gasteiger partial charge in [0.2, 0.25) is 9.84 Å². The lowest BCUT2D eigenvalue weighted by atomic mass is 9.99. The molecule has 0 saturated carbocycles. The van der Waals surface area contributed by atoms with E-state index in [-0.39, 0.29) is 22.2 Å². The van der Waals surface area contributed by atoms with Crippen LogP contribution in [0.5, 0.6) is 0 Å². The Balaban J connectivity index is 0.00000192. The van der Waals surface area contributed by atoms with Crippen molar-refractivity contribution in [3.05, 3.63) is 57.7 Å². The van der Waals surface area contributed by atoms with E-state index in [0.717, 1.165) is 23.7 Å². The number of hydrogen-bond donors (Lipinski definition) is 1. The largest absolute Gasteiger partial charge is 0.347 e. The maximum absolute atomic E-state index is 13.2. The molecule has 4 nitrogen and oxygen atoms in total. The zero-order valence-electron chi connectivity index (χ0n) is 15.1. The lowest BCUT2D eigenvalue weighted by molar-refractivity contribution is 0.503. The summed E-state index contributed by atoms with van der Waals surface area (Å²) in [4.78, 5) is 0.380. The predicted molar refractivity (Wildman–Crippen MR) is 115 cm³/mol. The minimum absolute atomic E-state index is 0. The highest BCUT2D eigenvalue weighted by Gasteiger charge is 2.36. The fraction of sp³-hybridized carbons (Fsp3) is 0.300. The summed E-state index contributed by atoms with van der Waals surface area (Å²) in [6.45, 7) is 0. The summed E-state index contributed by atoms with van der Waals surface area (Å²) in [5, 5.41) is 5.28. The van der Waals surface area contributed by atoms with Crippen molar-refractivity contribution >= 4 is 56.3 Å². The SMILES string of the molecule is Cl.Cn1c2c(c3cc(S(=O)(=O)c4cc(Cl)cc(Cl)c4)ccc31)C1CCC(C2)N1. The van der Waals surface area contributed by atoms with Crippen LogP contribution in [-0.4, -0.2) is 19.0 Å². The summed E-state index contributed by atoms with van der Waals surface area (Å²) >= 11 is 12.0. The van der Waals surface area contributed by atoms with E-state index in [1.54, 1.807) is 12.1 Å². The Kier molecular flexibility index (Phi) is 4.96. The summed E-state index contributed by atoms with van der Waals surface area (Å²) in [7, 11) is -1.64. The molecule has 28 heavy (non-hydrogen) atoms. The number of aromatic nitrogens is 1. The minimum Gasteiger partial charge on any atom is -0.347 e. The van der Waals surface area contributed by atoms with Gasteiger partial charge in [-0.05, 0) is 54.8 Å². The van der Waals surface area contributed by atoms with Crippen molar-refractivity contribution in [2.45, 2.75) is 41.1 Å². The van der Waals surface area contributed by atoms with Gasteiger partial charge in [0, 0.05) is 52.2 Å². The first-order chi connectivity index (χ1) is 12.8. The van der Waals surface area contributed by atoms with Crippen LogP contribution in [-0.2, 0) is 23.3 Å². The quantitative estimate of drug-likeness (QED) is 0.583. The van der Waals surface area contributed by atoms with Gasteiger partial charge in [0.15, 0.2) is 0 Å². The number of benzene rings is 2. The monoisotopic (exact) mass is 456 g/mol. The molecule has 2 aliphatic heterocycles. The molecule has 2 bridgehead atoms. The van der Waals surface area contributed by atoms with Crippen LogP contribution in [0.15, 0.2) is 46.2 Å². The van der Waals surface area contributed by atoms with E-state index in [9.17, 15) is 8.42 Å². The van der Waals surface area contributed by atoms with Crippen LogP contribution in [0.1, 0.15) is 30.1 Å². The van der Waals surface area contributed by atoms with Gasteiger partial charge >= 0.3 is 0 Å². The molecule has 1 saturated heterocycles. The third-order valence-corrected chi connectivity index (χ3v) is 7.99. The first kappa shape index (κ1) is 20.0. The summed E-state index contributed by atoms with van der Waals surface area (Å²) in [6.07, 6.45) is 3.25. The molecule has 2 atom stereocenters. The summed E-state index contributed by atoms with van der Waals surface area (Å²) in [5.74, 6) is 0. The highest BCUT2D eigenvalue weighted by molar-refractivity contribution is 7.91. The van der Waals surface area contributed by atoms with Gasteiger partial charge in [-0.2, -0.15) is 0 Å². The van der Waals surface area contributed by atoms with Gasteiger partial charge in [-0.3, -0.25) is 0 Å². The van der Waals surface area contributed by atoms with Crippen LogP contribution in [0.25, 0.3) is 10.9 Å². The van der Waals surface area contributed by atoms with Crippen molar-refractivity contribution in [2.24, 2.45) is 7.05 Å². The first-order valence-electron chi connectivity index (χ1n) is 8.93. The maximum Gasteiger partial charge on any atom is 0.206 e. The molecule has 0 amide bonds. The number of hydrogen-bond acceptors (Lipinski definition) is 3. The van der Waals surface area contributed by atoms with E-state index in [1.807, 2.05) is 6.07 Å². The van der Waals surface area contributed by atoms with Crippen LogP contribution >= 0.6 is 35.6 Å². The third kappa shape index (κ3) is 2.96. The number of sulfone groups is 1. The smallest absolute Gasteiger partial charge is 0.206 e. The van der Waals surface area contributed by atoms with Crippen molar-refractivity contribution in [3.63, 3.8) is 0 Å². The number of nitrogens with one attached hydrogen (secondary N) is 1. The molecule has 3 heterocycles. The molecule has 2 aliphatic rings. The van der Waals surface area contributed by atoms with Crippen molar-refractivity contribution in [3.8, 4) is 0 Å². The lowest BCUT2D eigenvalue weighted by Gasteiger charge is -2.23. The van der Waals surface area contributed by atoms with Gasteiger partial charge in [-0.1, -0.05) is 23.2 Å². The molecule has 2 unspecified atom stereocenters.